The molecule has 0 aliphatic rings. The van der Waals surface area contributed by atoms with Crippen LogP contribution in [0.4, 0.5) is 0 Å². The number of rotatable bonds is 5. The van der Waals surface area contributed by atoms with Crippen molar-refractivity contribution >= 4 is 17.2 Å². The van der Waals surface area contributed by atoms with Gasteiger partial charge in [0.25, 0.3) is 0 Å². The number of hydrogen-bond donors (Lipinski definition) is 1. The van der Waals surface area contributed by atoms with Crippen LogP contribution in [0.15, 0.2) is 41.8 Å². The molecule has 0 spiro atoms. The number of likely N-dealkylation sites (N-methyl/N-ethyl adjacent to an activating group) is 1. The van der Waals surface area contributed by atoms with E-state index < -0.39 is 6.04 Å². The minimum atomic E-state index is -0.592. The van der Waals surface area contributed by atoms with Crippen molar-refractivity contribution in [1.82, 2.24) is 4.90 Å². The number of thiophene rings is 1. The fourth-order valence-electron chi connectivity index (χ4n) is 1.95. The van der Waals surface area contributed by atoms with Crippen molar-refractivity contribution in [3.63, 3.8) is 0 Å². The molecule has 20 heavy (non-hydrogen) atoms. The summed E-state index contributed by atoms with van der Waals surface area (Å²) < 4.78 is 5.18. The quantitative estimate of drug-likeness (QED) is 0.920. The first-order chi connectivity index (χ1) is 9.61. The van der Waals surface area contributed by atoms with Crippen LogP contribution >= 0.6 is 11.3 Å². The van der Waals surface area contributed by atoms with Gasteiger partial charge in [0, 0.05) is 18.5 Å². The van der Waals surface area contributed by atoms with Gasteiger partial charge in [-0.1, -0.05) is 18.2 Å². The number of hydrogen-bond acceptors (Lipinski definition) is 4. The molecule has 0 radical (unpaired) electrons. The second-order valence-electron chi connectivity index (χ2n) is 4.54. The van der Waals surface area contributed by atoms with Crippen LogP contribution < -0.4 is 10.5 Å². The molecule has 2 N–H and O–H groups in total. The molecule has 1 aromatic carbocycles. The number of carbonyl (C=O) groups is 1. The fraction of sp³-hybridized carbons (Fsp3) is 0.267. The first kappa shape index (κ1) is 14.6. The summed E-state index contributed by atoms with van der Waals surface area (Å²) in [6.07, 6.45) is 0. The zero-order valence-corrected chi connectivity index (χ0v) is 12.4. The molecule has 1 amide bonds. The predicted octanol–water partition coefficient (Wildman–Crippen LogP) is 2.42. The largest absolute Gasteiger partial charge is 0.497 e. The maximum Gasteiger partial charge on any atom is 0.244 e. The number of ether oxygens (including phenoxy) is 1. The van der Waals surface area contributed by atoms with E-state index in [9.17, 15) is 4.79 Å². The van der Waals surface area contributed by atoms with Gasteiger partial charge in [-0.3, -0.25) is 4.79 Å². The van der Waals surface area contributed by atoms with E-state index >= 15 is 0 Å². The van der Waals surface area contributed by atoms with Gasteiger partial charge in [0.15, 0.2) is 0 Å². The van der Waals surface area contributed by atoms with Gasteiger partial charge in [0.05, 0.1) is 7.11 Å². The molecular weight excluding hydrogens is 272 g/mol. The van der Waals surface area contributed by atoms with Crippen molar-refractivity contribution in [3.8, 4) is 5.75 Å². The highest BCUT2D eigenvalue weighted by Crippen LogP contribution is 2.20. The second kappa shape index (κ2) is 6.54. The Labute approximate surface area is 122 Å². The molecule has 5 heteroatoms. The zero-order valence-electron chi connectivity index (χ0n) is 11.6. The topological polar surface area (TPSA) is 55.6 Å². The summed E-state index contributed by atoms with van der Waals surface area (Å²) >= 11 is 1.50. The minimum Gasteiger partial charge on any atom is -0.497 e. The Morgan fingerprint density at radius 1 is 1.40 bits per heavy atom. The van der Waals surface area contributed by atoms with Crippen LogP contribution in [-0.2, 0) is 11.3 Å². The third kappa shape index (κ3) is 3.37. The molecule has 1 aromatic heterocycles. The molecule has 0 saturated heterocycles. The van der Waals surface area contributed by atoms with Crippen LogP contribution in [0.2, 0.25) is 0 Å². The standard InChI is InChI=1S/C15H18N2O2S/c1-17(10-11-5-3-6-12(9-11)19-2)15(18)14(16)13-7-4-8-20-13/h3-9,14H,10,16H2,1-2H3. The molecule has 0 aliphatic heterocycles. The summed E-state index contributed by atoms with van der Waals surface area (Å²) in [5.41, 5.74) is 7.00. The fourth-order valence-corrected chi connectivity index (χ4v) is 2.67. The van der Waals surface area contributed by atoms with Gasteiger partial charge in [-0.05, 0) is 29.1 Å². The highest BCUT2D eigenvalue weighted by atomic mass is 32.1. The predicted molar refractivity (Wildman–Crippen MR) is 80.7 cm³/mol. The summed E-state index contributed by atoms with van der Waals surface area (Å²) in [7, 11) is 3.38. The van der Waals surface area contributed by atoms with Crippen molar-refractivity contribution in [2.45, 2.75) is 12.6 Å². The Balaban J connectivity index is 2.03. The molecule has 0 saturated carbocycles. The number of nitrogens with zero attached hydrogens (tertiary/aromatic N) is 1. The molecule has 1 heterocycles. The van der Waals surface area contributed by atoms with Crippen molar-refractivity contribution in [1.29, 1.82) is 0 Å². The Morgan fingerprint density at radius 2 is 2.20 bits per heavy atom. The van der Waals surface area contributed by atoms with Gasteiger partial charge >= 0.3 is 0 Å². The highest BCUT2D eigenvalue weighted by Gasteiger charge is 2.20. The average molecular weight is 290 g/mol. The molecule has 2 aromatic rings. The van der Waals surface area contributed by atoms with Gasteiger partial charge in [-0.25, -0.2) is 0 Å². The van der Waals surface area contributed by atoms with Crippen LogP contribution in [0.5, 0.6) is 5.75 Å². The van der Waals surface area contributed by atoms with E-state index in [0.29, 0.717) is 6.54 Å². The lowest BCUT2D eigenvalue weighted by Crippen LogP contribution is -2.35. The summed E-state index contributed by atoms with van der Waals surface area (Å²) in [4.78, 5) is 14.8. The van der Waals surface area contributed by atoms with E-state index in [1.807, 2.05) is 41.8 Å². The first-order valence-corrected chi connectivity index (χ1v) is 7.16. The van der Waals surface area contributed by atoms with E-state index in [-0.39, 0.29) is 5.91 Å². The second-order valence-corrected chi connectivity index (χ2v) is 5.52. The summed E-state index contributed by atoms with van der Waals surface area (Å²) in [5, 5.41) is 1.92. The van der Waals surface area contributed by atoms with Crippen LogP contribution in [0.25, 0.3) is 0 Å². The Kier molecular flexibility index (Phi) is 4.76. The maximum atomic E-state index is 12.3. The van der Waals surface area contributed by atoms with E-state index in [1.54, 1.807) is 19.1 Å². The number of carbonyl (C=O) groups excluding carboxylic acids is 1. The number of benzene rings is 1. The summed E-state index contributed by atoms with van der Waals surface area (Å²) in [5.74, 6) is 0.696. The average Bonchev–Trinajstić information content (AvgIpc) is 3.00. The van der Waals surface area contributed by atoms with E-state index in [4.69, 9.17) is 10.5 Å². The van der Waals surface area contributed by atoms with Crippen LogP contribution in [-0.4, -0.2) is 25.0 Å². The van der Waals surface area contributed by atoms with E-state index in [1.165, 1.54) is 11.3 Å². The molecule has 2 rings (SSSR count). The van der Waals surface area contributed by atoms with Gasteiger partial charge in [-0.15, -0.1) is 11.3 Å². The van der Waals surface area contributed by atoms with Crippen molar-refractivity contribution in [2.24, 2.45) is 5.73 Å². The molecule has 0 aliphatic carbocycles. The Morgan fingerprint density at radius 3 is 2.85 bits per heavy atom. The van der Waals surface area contributed by atoms with Gasteiger partial charge < -0.3 is 15.4 Å². The lowest BCUT2D eigenvalue weighted by molar-refractivity contribution is -0.131. The number of nitrogens with two attached hydrogens (primary N) is 1. The molecule has 0 fully saturated rings. The SMILES string of the molecule is COc1cccc(CN(C)C(=O)C(N)c2cccs2)c1. The van der Waals surface area contributed by atoms with E-state index in [0.717, 1.165) is 16.2 Å². The summed E-state index contributed by atoms with van der Waals surface area (Å²) in [6, 6.07) is 10.9. The lowest BCUT2D eigenvalue weighted by atomic mass is 10.1. The zero-order chi connectivity index (χ0) is 14.5. The smallest absolute Gasteiger partial charge is 0.244 e. The third-order valence-electron chi connectivity index (χ3n) is 3.05. The summed E-state index contributed by atoms with van der Waals surface area (Å²) in [6.45, 7) is 0.509. The molecule has 0 bridgehead atoms. The number of amides is 1. The monoisotopic (exact) mass is 290 g/mol. The number of methoxy groups -OCH3 is 1. The third-order valence-corrected chi connectivity index (χ3v) is 4.00. The highest BCUT2D eigenvalue weighted by molar-refractivity contribution is 7.10. The molecular formula is C15H18N2O2S. The van der Waals surface area contributed by atoms with Crippen LogP contribution in [0, 0.1) is 0 Å². The molecule has 1 atom stereocenters. The Bertz CT molecular complexity index is 569. The van der Waals surface area contributed by atoms with E-state index in [2.05, 4.69) is 0 Å². The maximum absolute atomic E-state index is 12.3. The normalized spacial score (nSPS) is 11.9. The van der Waals surface area contributed by atoms with Crippen molar-refractivity contribution in [2.75, 3.05) is 14.2 Å². The minimum absolute atomic E-state index is 0.0877. The van der Waals surface area contributed by atoms with Gasteiger partial charge in [0.2, 0.25) is 5.91 Å². The van der Waals surface area contributed by atoms with Crippen LogP contribution in [0.1, 0.15) is 16.5 Å². The Hall–Kier alpha value is -1.85. The molecule has 4 nitrogen and oxygen atoms in total. The van der Waals surface area contributed by atoms with Gasteiger partial charge in [0.1, 0.15) is 11.8 Å². The van der Waals surface area contributed by atoms with Crippen molar-refractivity contribution < 1.29 is 9.53 Å². The lowest BCUT2D eigenvalue weighted by Gasteiger charge is -2.21. The first-order valence-electron chi connectivity index (χ1n) is 6.28. The van der Waals surface area contributed by atoms with Gasteiger partial charge in [-0.2, -0.15) is 0 Å². The van der Waals surface area contributed by atoms with Crippen LogP contribution in [0.3, 0.4) is 0 Å². The molecule has 106 valence electrons. The molecule has 1 unspecified atom stereocenters. The van der Waals surface area contributed by atoms with Crippen molar-refractivity contribution in [3.05, 3.63) is 52.2 Å².